The van der Waals surface area contributed by atoms with Crippen molar-refractivity contribution in [1.29, 1.82) is 21.0 Å². The number of phenols is 4. The number of nitrogens with zero attached hydrogens (tertiary/aromatic N) is 4. The molecule has 0 fully saturated rings. The Morgan fingerprint density at radius 3 is 0.962 bits per heavy atom. The Kier molecular flexibility index (Phi) is 12.5. The molecule has 4 N–H and O–H groups in total. The van der Waals surface area contributed by atoms with Crippen LogP contribution in [0.2, 0.25) is 0 Å². The number of ether oxygens (including phenoxy) is 4. The van der Waals surface area contributed by atoms with E-state index in [1.807, 2.05) is 13.8 Å². The van der Waals surface area contributed by atoms with Crippen LogP contribution < -0.4 is 18.9 Å². The molecule has 1 aliphatic heterocycles. The van der Waals surface area contributed by atoms with Crippen molar-refractivity contribution < 1.29 is 56.9 Å². The first-order valence-electron chi connectivity index (χ1n) is 25.0. The van der Waals surface area contributed by atoms with Gasteiger partial charge in [-0.05, 0) is 165 Å². The number of phenolic OH excluding ortho intramolecular Hbond substituents is 4. The summed E-state index contributed by atoms with van der Waals surface area (Å²) in [6.45, 7) is 21.4. The van der Waals surface area contributed by atoms with Crippen LogP contribution >= 0.6 is 0 Å². The highest BCUT2D eigenvalue weighted by molar-refractivity contribution is 5.73. The fraction of sp³-hybridized carbons (Fsp3) is 0.355. The largest absolute Gasteiger partial charge is 0.504 e. The van der Waals surface area contributed by atoms with Gasteiger partial charge in [-0.1, -0.05) is 55.4 Å². The van der Waals surface area contributed by atoms with E-state index in [9.17, 15) is 48.5 Å². The van der Waals surface area contributed by atoms with Gasteiger partial charge in [0.15, 0.2) is 80.8 Å². The number of aromatic hydroxyl groups is 4. The second-order valence-electron chi connectivity index (χ2n) is 23.6. The molecule has 5 aliphatic rings. The maximum atomic E-state index is 12.7. The smallest absolute Gasteiger partial charge is 0.189 e. The normalized spacial score (nSPS) is 18.7. The monoisotopic (exact) mass is 1060 g/mol. The van der Waals surface area contributed by atoms with Crippen molar-refractivity contribution in [2.45, 2.75) is 127 Å². The predicted octanol–water partition coefficient (Wildman–Crippen LogP) is 13.8. The summed E-state index contributed by atoms with van der Waals surface area (Å²) in [6.07, 6.45) is 3.48. The van der Waals surface area contributed by atoms with E-state index in [2.05, 4.69) is 91.8 Å². The molecule has 12 nitrogen and oxygen atoms in total. The number of methoxy groups -OCH3 is 2. The number of rotatable bonds is 2. The summed E-state index contributed by atoms with van der Waals surface area (Å²) >= 11 is 0. The van der Waals surface area contributed by atoms with E-state index in [1.54, 1.807) is 38.5 Å². The van der Waals surface area contributed by atoms with Gasteiger partial charge in [-0.15, -0.1) is 0 Å². The molecule has 78 heavy (non-hydrogen) atoms. The first-order valence-corrected chi connectivity index (χ1v) is 25.0. The number of benzene rings is 6. The van der Waals surface area contributed by atoms with Gasteiger partial charge >= 0.3 is 0 Å². The fourth-order valence-corrected chi connectivity index (χ4v) is 13.6. The van der Waals surface area contributed by atoms with Crippen molar-refractivity contribution in [2.24, 2.45) is 0 Å². The second kappa shape index (κ2) is 18.0. The van der Waals surface area contributed by atoms with E-state index < -0.39 is 34.4 Å². The van der Waals surface area contributed by atoms with Crippen LogP contribution in [0.5, 0.6) is 57.5 Å². The first-order chi connectivity index (χ1) is 36.4. The minimum Gasteiger partial charge on any atom is -0.504 e. The lowest BCUT2D eigenvalue weighted by atomic mass is 9.72. The molecular weight excluding hydrogens is 1000 g/mol. The van der Waals surface area contributed by atoms with Gasteiger partial charge in [0.1, 0.15) is 46.5 Å². The van der Waals surface area contributed by atoms with Crippen molar-refractivity contribution >= 4 is 0 Å². The van der Waals surface area contributed by atoms with Gasteiger partial charge in [-0.3, -0.25) is 0 Å². The Morgan fingerprint density at radius 2 is 0.654 bits per heavy atom. The molecule has 6 aromatic carbocycles. The Labute approximate surface area is 449 Å². The van der Waals surface area contributed by atoms with Crippen LogP contribution in [-0.4, -0.2) is 34.6 Å². The van der Waals surface area contributed by atoms with Crippen LogP contribution in [0.3, 0.4) is 0 Å². The summed E-state index contributed by atoms with van der Waals surface area (Å²) in [6, 6.07) is 21.6. The minimum absolute atomic E-state index is 0.0866. The van der Waals surface area contributed by atoms with Gasteiger partial charge in [0.05, 0.1) is 14.2 Å². The SMILES string of the molecule is CC1(C)CC2(CC(C)(C)c3cc(O)c(O)cc32)c2cc(O)c(O)cc21.COc1cc2c(cc1OC)C1(CC2(C)C)CC(C)(C)c2cc3c(cc21)Oc1c(C#N)c(C)c(C)c(C#N)c1O3.N#Cc1c(F)c(F)c(C#N)c(F)c1F. The van der Waals surface area contributed by atoms with Gasteiger partial charge in [-0.25, -0.2) is 17.6 Å². The lowest BCUT2D eigenvalue weighted by Crippen LogP contribution is -2.27. The number of hydrogen-bond donors (Lipinski definition) is 4. The molecule has 0 saturated carbocycles. The van der Waals surface area contributed by atoms with E-state index in [4.69, 9.17) is 29.5 Å². The van der Waals surface area contributed by atoms with E-state index in [1.165, 1.54) is 22.3 Å². The summed E-state index contributed by atoms with van der Waals surface area (Å²) in [5, 5.41) is 76.5. The van der Waals surface area contributed by atoms with Crippen LogP contribution in [0.25, 0.3) is 0 Å². The van der Waals surface area contributed by atoms with Crippen LogP contribution in [-0.2, 0) is 32.5 Å². The summed E-state index contributed by atoms with van der Waals surface area (Å²) in [7, 11) is 3.35. The molecule has 2 spiro atoms. The molecule has 11 rings (SSSR count). The molecule has 6 aromatic rings. The number of halogens is 4. The maximum absolute atomic E-state index is 12.7. The van der Waals surface area contributed by atoms with Crippen LogP contribution in [0.15, 0.2) is 48.5 Å². The van der Waals surface area contributed by atoms with E-state index in [0.29, 0.717) is 34.1 Å². The Bertz CT molecular complexity index is 3670. The molecule has 0 amide bonds. The standard InChI is InChI=1S/C33H32N2O4.C21H24O4.C8F4N2/c1-17-18(2)20(14-35)30-29(19(17)13-34)38-27-10-22-24(12-28(27)39-30)33(16-32(22,5)6)15-31(3,4)21-9-25(36-7)26(37-8)11-23(21)33;1-19(2)9-21(13-7-17(24)15(22)5-11(13)19)10-20(3,4)12-6-16(23)18(25)8-14(12)21;9-5-3(1-13)6(10)8(12)4(2-14)7(5)11/h9-12H,15-16H2,1-8H3;5-8,22-25H,9-10H2,1-4H3;. The topological polar surface area (TPSA) is 213 Å². The molecule has 16 heteroatoms. The highest BCUT2D eigenvalue weighted by Gasteiger charge is 2.59. The lowest BCUT2D eigenvalue weighted by molar-refractivity contribution is 0.347. The predicted molar refractivity (Wildman–Crippen MR) is 279 cm³/mol. The van der Waals surface area contributed by atoms with Gasteiger partial charge in [0.25, 0.3) is 0 Å². The van der Waals surface area contributed by atoms with E-state index >= 15 is 0 Å². The second-order valence-corrected chi connectivity index (χ2v) is 23.6. The van der Waals surface area contributed by atoms with Gasteiger partial charge < -0.3 is 39.4 Å². The molecule has 4 aliphatic carbocycles. The van der Waals surface area contributed by atoms with Gasteiger partial charge in [-0.2, -0.15) is 21.0 Å². The minimum atomic E-state index is -1.86. The van der Waals surface area contributed by atoms with Crippen molar-refractivity contribution in [1.82, 2.24) is 0 Å². The fourth-order valence-electron chi connectivity index (χ4n) is 13.6. The maximum Gasteiger partial charge on any atom is 0.189 e. The third-order valence-corrected chi connectivity index (χ3v) is 16.9. The van der Waals surface area contributed by atoms with Gasteiger partial charge in [0.2, 0.25) is 0 Å². The van der Waals surface area contributed by atoms with Crippen molar-refractivity contribution in [3.63, 3.8) is 0 Å². The molecule has 1 heterocycles. The zero-order valence-corrected chi connectivity index (χ0v) is 45.2. The van der Waals surface area contributed by atoms with Crippen molar-refractivity contribution in [3.8, 4) is 81.8 Å². The first kappa shape index (κ1) is 54.2. The molecule has 0 bridgehead atoms. The number of hydrogen-bond acceptors (Lipinski definition) is 12. The van der Waals surface area contributed by atoms with E-state index in [-0.39, 0.29) is 55.5 Å². The zero-order chi connectivity index (χ0) is 57.3. The highest BCUT2D eigenvalue weighted by atomic mass is 19.2. The highest BCUT2D eigenvalue weighted by Crippen LogP contribution is 2.67. The van der Waals surface area contributed by atoms with Crippen molar-refractivity contribution in [3.05, 3.63) is 150 Å². The van der Waals surface area contributed by atoms with Gasteiger partial charge in [0, 0.05) is 10.8 Å². The van der Waals surface area contributed by atoms with Crippen LogP contribution in [0.4, 0.5) is 17.6 Å². The molecule has 0 radical (unpaired) electrons. The third-order valence-electron chi connectivity index (χ3n) is 16.9. The lowest BCUT2D eigenvalue weighted by Gasteiger charge is -2.31. The van der Waals surface area contributed by atoms with Crippen molar-refractivity contribution in [2.75, 3.05) is 14.2 Å². The quantitative estimate of drug-likeness (QED) is 0.0723. The molecular formula is C62H56F4N4O8. The molecule has 400 valence electrons. The average Bonchev–Trinajstić information content (AvgIpc) is 3.16. The Hall–Kier alpha value is -8.60. The summed E-state index contributed by atoms with van der Waals surface area (Å²) in [5.41, 5.74) is 7.31. The third kappa shape index (κ3) is 7.78. The van der Waals surface area contributed by atoms with Crippen LogP contribution in [0.1, 0.15) is 159 Å². The summed E-state index contributed by atoms with van der Waals surface area (Å²) in [4.78, 5) is 0. The zero-order valence-electron chi connectivity index (χ0n) is 45.2. The summed E-state index contributed by atoms with van der Waals surface area (Å²) < 4.78 is 75.2. The van der Waals surface area contributed by atoms with E-state index in [0.717, 1.165) is 82.7 Å². The number of nitriles is 4. The number of fused-ring (bicyclic) bond motifs is 10. The Morgan fingerprint density at radius 1 is 0.410 bits per heavy atom. The molecule has 1 unspecified atom stereocenters. The molecule has 1 atom stereocenters. The summed E-state index contributed by atoms with van der Waals surface area (Å²) in [5.74, 6) is -4.65. The van der Waals surface area contributed by atoms with Crippen LogP contribution in [0, 0.1) is 82.4 Å². The molecule has 0 aromatic heterocycles. The molecule has 0 saturated heterocycles. The Balaban J connectivity index is 0.000000161. The average molecular weight is 1060 g/mol.